The number of ether oxygens (including phenoxy) is 1. The summed E-state index contributed by atoms with van der Waals surface area (Å²) in [5.74, 6) is -0.493. The fourth-order valence-electron chi connectivity index (χ4n) is 5.39. The van der Waals surface area contributed by atoms with Gasteiger partial charge in [0.2, 0.25) is 5.43 Å². The molecule has 6 heteroatoms. The van der Waals surface area contributed by atoms with Gasteiger partial charge in [0, 0.05) is 48.9 Å². The van der Waals surface area contributed by atoms with Crippen molar-refractivity contribution < 1.29 is 13.5 Å². The minimum atomic E-state index is -0.583. The van der Waals surface area contributed by atoms with E-state index in [0.29, 0.717) is 36.5 Å². The fourth-order valence-corrected chi connectivity index (χ4v) is 5.39. The number of hydrogen-bond donors (Lipinski definition) is 0. The molecular formula is C31H36F2N2O2. The van der Waals surface area contributed by atoms with Gasteiger partial charge in [-0.2, -0.15) is 0 Å². The number of methoxy groups -OCH3 is 1. The minimum absolute atomic E-state index is 0.0909. The molecule has 37 heavy (non-hydrogen) atoms. The van der Waals surface area contributed by atoms with Crippen LogP contribution in [0.15, 0.2) is 71.5 Å². The molecule has 3 aromatic carbocycles. The lowest BCUT2D eigenvalue weighted by Crippen LogP contribution is -2.57. The van der Waals surface area contributed by atoms with Crippen LogP contribution in [0, 0.1) is 11.6 Å². The van der Waals surface area contributed by atoms with Crippen molar-refractivity contribution in [2.45, 2.75) is 58.3 Å². The molecule has 0 aromatic heterocycles. The van der Waals surface area contributed by atoms with Gasteiger partial charge in [-0.3, -0.25) is 14.6 Å². The topological polar surface area (TPSA) is 32.8 Å². The van der Waals surface area contributed by atoms with Crippen LogP contribution in [-0.2, 0) is 6.54 Å². The van der Waals surface area contributed by atoms with E-state index in [4.69, 9.17) is 4.74 Å². The van der Waals surface area contributed by atoms with E-state index in [9.17, 15) is 9.18 Å². The van der Waals surface area contributed by atoms with Gasteiger partial charge in [0.05, 0.1) is 13.2 Å². The third kappa shape index (κ3) is 5.91. The van der Waals surface area contributed by atoms with Gasteiger partial charge in [0.1, 0.15) is 11.6 Å². The molecule has 3 unspecified atom stereocenters. The summed E-state index contributed by atoms with van der Waals surface area (Å²) >= 11 is 0. The van der Waals surface area contributed by atoms with Crippen LogP contribution in [0.4, 0.5) is 8.78 Å². The third-order valence-electron chi connectivity index (χ3n) is 7.40. The van der Waals surface area contributed by atoms with Gasteiger partial charge in [0.15, 0.2) is 5.75 Å². The predicted molar refractivity (Wildman–Crippen MR) is 144 cm³/mol. The first-order chi connectivity index (χ1) is 17.7. The second kappa shape index (κ2) is 11.5. The monoisotopic (exact) mass is 506 g/mol. The fraction of sp³-hybridized carbons (Fsp3) is 0.387. The van der Waals surface area contributed by atoms with E-state index < -0.39 is 11.6 Å². The highest BCUT2D eigenvalue weighted by atomic mass is 19.1. The highest BCUT2D eigenvalue weighted by Crippen LogP contribution is 2.34. The Morgan fingerprint density at radius 1 is 0.919 bits per heavy atom. The first kappa shape index (κ1) is 27.0. The normalized spacial score (nSPS) is 19.7. The van der Waals surface area contributed by atoms with Crippen LogP contribution >= 0.6 is 0 Å². The molecule has 196 valence electrons. The molecule has 0 saturated carbocycles. The van der Waals surface area contributed by atoms with E-state index in [0.717, 1.165) is 17.2 Å². The quantitative estimate of drug-likeness (QED) is 0.385. The van der Waals surface area contributed by atoms with E-state index in [1.54, 1.807) is 6.07 Å². The largest absolute Gasteiger partial charge is 0.493 e. The lowest BCUT2D eigenvalue weighted by molar-refractivity contribution is 0.0177. The number of piperazine rings is 1. The highest BCUT2D eigenvalue weighted by Gasteiger charge is 2.35. The molecule has 0 spiro atoms. The summed E-state index contributed by atoms with van der Waals surface area (Å²) in [6, 6.07) is 19.2. The molecule has 0 aliphatic carbocycles. The maximum atomic E-state index is 15.0. The van der Waals surface area contributed by atoms with E-state index in [1.165, 1.54) is 13.2 Å². The smallest absolute Gasteiger partial charge is 0.224 e. The minimum Gasteiger partial charge on any atom is -0.493 e. The summed E-state index contributed by atoms with van der Waals surface area (Å²) in [7, 11) is 1.53. The van der Waals surface area contributed by atoms with Crippen molar-refractivity contribution in [2.24, 2.45) is 0 Å². The highest BCUT2D eigenvalue weighted by molar-refractivity contribution is 5.35. The molecule has 0 amide bonds. The Bertz CT molecular complexity index is 1270. The number of nitrogens with zero attached hydrogens (tertiary/aromatic N) is 2. The Balaban J connectivity index is 1.64. The summed E-state index contributed by atoms with van der Waals surface area (Å²) in [5.41, 5.74) is 3.08. The molecule has 1 heterocycles. The number of halogens is 2. The number of rotatable bonds is 7. The van der Waals surface area contributed by atoms with Crippen LogP contribution in [-0.4, -0.2) is 42.1 Å². The van der Waals surface area contributed by atoms with Gasteiger partial charge >= 0.3 is 0 Å². The molecule has 3 atom stereocenters. The SMILES string of the molecule is COc1cc(C(C)C)ccc(CN2C(C)CN(C(c3ccccc3)c3ccc(F)cc3F)CC2C)c1=O. The second-order valence-electron chi connectivity index (χ2n) is 10.4. The van der Waals surface area contributed by atoms with Gasteiger partial charge in [-0.15, -0.1) is 0 Å². The van der Waals surface area contributed by atoms with E-state index in [-0.39, 0.29) is 29.5 Å². The first-order valence-electron chi connectivity index (χ1n) is 12.9. The number of hydrogen-bond acceptors (Lipinski definition) is 4. The van der Waals surface area contributed by atoms with Gasteiger partial charge < -0.3 is 4.74 Å². The molecule has 0 radical (unpaired) electrons. The molecule has 3 aromatic rings. The van der Waals surface area contributed by atoms with Crippen molar-refractivity contribution in [3.8, 4) is 5.75 Å². The zero-order valence-electron chi connectivity index (χ0n) is 22.2. The first-order valence-corrected chi connectivity index (χ1v) is 12.9. The van der Waals surface area contributed by atoms with E-state index in [2.05, 4.69) is 37.5 Å². The molecule has 0 bridgehead atoms. The van der Waals surface area contributed by atoms with E-state index in [1.807, 2.05) is 48.5 Å². The van der Waals surface area contributed by atoms with Crippen molar-refractivity contribution >= 4 is 0 Å². The van der Waals surface area contributed by atoms with Gasteiger partial charge in [-0.25, -0.2) is 8.78 Å². The Morgan fingerprint density at radius 3 is 2.19 bits per heavy atom. The number of benzene rings is 2. The molecule has 1 aliphatic rings. The lowest BCUT2D eigenvalue weighted by atomic mass is 9.93. The van der Waals surface area contributed by atoms with Crippen molar-refractivity contribution in [3.05, 3.63) is 111 Å². The summed E-state index contributed by atoms with van der Waals surface area (Å²) < 4.78 is 34.2. The van der Waals surface area contributed by atoms with Crippen molar-refractivity contribution in [2.75, 3.05) is 20.2 Å². The van der Waals surface area contributed by atoms with Crippen LogP contribution in [0.2, 0.25) is 0 Å². The maximum Gasteiger partial charge on any atom is 0.224 e. The van der Waals surface area contributed by atoms with Crippen LogP contribution in [0.1, 0.15) is 61.9 Å². The second-order valence-corrected chi connectivity index (χ2v) is 10.4. The van der Waals surface area contributed by atoms with Gasteiger partial charge in [0.25, 0.3) is 0 Å². The van der Waals surface area contributed by atoms with Crippen molar-refractivity contribution in [1.82, 2.24) is 9.80 Å². The van der Waals surface area contributed by atoms with Gasteiger partial charge in [-0.1, -0.05) is 62.4 Å². The zero-order valence-corrected chi connectivity index (χ0v) is 22.2. The van der Waals surface area contributed by atoms with Crippen LogP contribution in [0.5, 0.6) is 5.75 Å². The summed E-state index contributed by atoms with van der Waals surface area (Å²) in [6.45, 7) is 10.3. The standard InChI is InChI=1S/C31H36F2N2O2/c1-20(2)24-11-12-25(31(36)29(15-24)37-5)19-35-21(3)17-34(18-22(35)4)30(23-9-7-6-8-10-23)27-14-13-26(32)16-28(27)33/h6-16,20-22,30H,17-19H2,1-5H3. The molecule has 4 nitrogen and oxygen atoms in total. The Kier molecular flexibility index (Phi) is 8.40. The van der Waals surface area contributed by atoms with Crippen molar-refractivity contribution in [1.29, 1.82) is 0 Å². The predicted octanol–water partition coefficient (Wildman–Crippen LogP) is 6.14. The molecule has 1 aliphatic heterocycles. The molecular weight excluding hydrogens is 470 g/mol. The van der Waals surface area contributed by atoms with Gasteiger partial charge in [-0.05, 0) is 43.0 Å². The molecule has 1 saturated heterocycles. The molecule has 0 N–H and O–H groups in total. The lowest BCUT2D eigenvalue weighted by Gasteiger charge is -2.47. The molecule has 4 rings (SSSR count). The zero-order chi connectivity index (χ0) is 26.7. The van der Waals surface area contributed by atoms with Crippen molar-refractivity contribution in [3.63, 3.8) is 0 Å². The summed E-state index contributed by atoms with van der Waals surface area (Å²) in [4.78, 5) is 17.8. The summed E-state index contributed by atoms with van der Waals surface area (Å²) in [6.07, 6.45) is 0. The Labute approximate surface area is 218 Å². The van der Waals surface area contributed by atoms with Crippen LogP contribution < -0.4 is 10.2 Å². The average molecular weight is 507 g/mol. The summed E-state index contributed by atoms with van der Waals surface area (Å²) in [5, 5.41) is 0. The molecule has 1 fully saturated rings. The van der Waals surface area contributed by atoms with Crippen LogP contribution in [0.3, 0.4) is 0 Å². The van der Waals surface area contributed by atoms with E-state index >= 15 is 4.39 Å². The Morgan fingerprint density at radius 2 is 1.59 bits per heavy atom. The maximum absolute atomic E-state index is 15.0. The van der Waals surface area contributed by atoms with Crippen LogP contribution in [0.25, 0.3) is 0 Å². The average Bonchev–Trinajstić information content (AvgIpc) is 3.02. The third-order valence-corrected chi connectivity index (χ3v) is 7.40. The Hall–Kier alpha value is -3.09.